The fourth-order valence-electron chi connectivity index (χ4n) is 2.95. The molecule has 1 aromatic rings. The molecule has 1 saturated heterocycles. The molecule has 0 spiro atoms. The lowest BCUT2D eigenvalue weighted by atomic mass is 9.91. The van der Waals surface area contributed by atoms with Gasteiger partial charge in [-0.2, -0.15) is 26.3 Å². The molecule has 142 valence electrons. The summed E-state index contributed by atoms with van der Waals surface area (Å²) in [5, 5.41) is 0. The Morgan fingerprint density at radius 1 is 1.00 bits per heavy atom. The predicted molar refractivity (Wildman–Crippen MR) is 75.2 cm³/mol. The van der Waals surface area contributed by atoms with Gasteiger partial charge in [0.15, 0.2) is 0 Å². The first-order valence-electron chi connectivity index (χ1n) is 7.73. The third-order valence-corrected chi connectivity index (χ3v) is 4.23. The van der Waals surface area contributed by atoms with E-state index in [1.165, 1.54) is 4.90 Å². The molecule has 9 heteroatoms. The molecular weight excluding hydrogens is 358 g/mol. The number of hydrogen-bond donors (Lipinski definition) is 0. The summed E-state index contributed by atoms with van der Waals surface area (Å²) in [5.41, 5.74) is -0.651. The summed E-state index contributed by atoms with van der Waals surface area (Å²) in [4.78, 5) is 1.49. The molecule has 1 fully saturated rings. The van der Waals surface area contributed by atoms with Crippen molar-refractivity contribution in [2.45, 2.75) is 50.0 Å². The second-order valence-corrected chi connectivity index (χ2v) is 6.20. The Morgan fingerprint density at radius 3 is 2.12 bits per heavy atom. The SMILES string of the molecule is FC(F)(F)CCCN1CCC(F)(F)CC1c1ccc(C(F)(F)F)cc1. The first-order valence-corrected chi connectivity index (χ1v) is 7.73. The van der Waals surface area contributed by atoms with Crippen LogP contribution >= 0.6 is 0 Å². The quantitative estimate of drug-likeness (QED) is 0.600. The molecule has 25 heavy (non-hydrogen) atoms. The van der Waals surface area contributed by atoms with Gasteiger partial charge in [-0.3, -0.25) is 4.90 Å². The lowest BCUT2D eigenvalue weighted by Crippen LogP contribution is -2.42. The monoisotopic (exact) mass is 375 g/mol. The van der Waals surface area contributed by atoms with Crippen LogP contribution in [0.5, 0.6) is 0 Å². The number of benzene rings is 1. The van der Waals surface area contributed by atoms with Crippen molar-refractivity contribution in [2.75, 3.05) is 13.1 Å². The third-order valence-electron chi connectivity index (χ3n) is 4.23. The molecule has 0 bridgehead atoms. The van der Waals surface area contributed by atoms with Gasteiger partial charge in [-0.15, -0.1) is 0 Å². The first kappa shape index (κ1) is 19.9. The Kier molecular flexibility index (Phi) is 5.65. The molecule has 1 unspecified atom stereocenters. The van der Waals surface area contributed by atoms with E-state index >= 15 is 0 Å². The van der Waals surface area contributed by atoms with Gasteiger partial charge in [0.05, 0.1) is 5.56 Å². The number of alkyl halides is 8. The molecule has 1 aliphatic rings. The van der Waals surface area contributed by atoms with Crippen LogP contribution in [0.1, 0.15) is 42.9 Å². The minimum Gasteiger partial charge on any atom is -0.296 e. The summed E-state index contributed by atoms with van der Waals surface area (Å²) in [5.74, 6) is -2.99. The van der Waals surface area contributed by atoms with Crippen molar-refractivity contribution in [3.05, 3.63) is 35.4 Å². The second-order valence-electron chi connectivity index (χ2n) is 6.20. The van der Waals surface area contributed by atoms with E-state index in [9.17, 15) is 35.1 Å². The van der Waals surface area contributed by atoms with Crippen LogP contribution in [-0.4, -0.2) is 30.1 Å². The fraction of sp³-hybridized carbons (Fsp3) is 0.625. The minimum atomic E-state index is -4.54. The molecule has 0 saturated carbocycles. The highest BCUT2D eigenvalue weighted by Crippen LogP contribution is 2.41. The minimum absolute atomic E-state index is 0.0404. The molecule has 2 rings (SSSR count). The maximum Gasteiger partial charge on any atom is 0.416 e. The lowest BCUT2D eigenvalue weighted by Gasteiger charge is -2.39. The molecule has 1 nitrogen and oxygen atoms in total. The maximum atomic E-state index is 13.7. The number of likely N-dealkylation sites (tertiary alicyclic amines) is 1. The molecule has 0 amide bonds. The molecule has 1 aromatic carbocycles. The Labute approximate surface area is 139 Å². The van der Waals surface area contributed by atoms with Gasteiger partial charge < -0.3 is 0 Å². The van der Waals surface area contributed by atoms with Crippen molar-refractivity contribution >= 4 is 0 Å². The van der Waals surface area contributed by atoms with Crippen LogP contribution in [-0.2, 0) is 6.18 Å². The van der Waals surface area contributed by atoms with Crippen molar-refractivity contribution in [3.63, 3.8) is 0 Å². The van der Waals surface area contributed by atoms with Crippen molar-refractivity contribution < 1.29 is 35.1 Å². The van der Waals surface area contributed by atoms with E-state index < -0.39 is 49.1 Å². The average molecular weight is 375 g/mol. The van der Waals surface area contributed by atoms with Crippen LogP contribution in [0.4, 0.5) is 35.1 Å². The number of piperidine rings is 1. The van der Waals surface area contributed by atoms with E-state index in [0.717, 1.165) is 24.3 Å². The van der Waals surface area contributed by atoms with Gasteiger partial charge in [-0.1, -0.05) is 12.1 Å². The zero-order valence-corrected chi connectivity index (χ0v) is 13.1. The summed E-state index contributed by atoms with van der Waals surface area (Å²) < 4.78 is 102. The fourth-order valence-corrected chi connectivity index (χ4v) is 2.95. The maximum absolute atomic E-state index is 13.7. The van der Waals surface area contributed by atoms with Crippen molar-refractivity contribution in [3.8, 4) is 0 Å². The van der Waals surface area contributed by atoms with Crippen molar-refractivity contribution in [2.24, 2.45) is 0 Å². The third kappa shape index (κ3) is 5.83. The number of rotatable bonds is 4. The molecule has 0 aliphatic carbocycles. The summed E-state index contributed by atoms with van der Waals surface area (Å²) in [6.07, 6.45) is -11.2. The highest BCUT2D eigenvalue weighted by Gasteiger charge is 2.41. The molecule has 1 aliphatic heterocycles. The smallest absolute Gasteiger partial charge is 0.296 e. The Hall–Kier alpha value is -1.38. The van der Waals surface area contributed by atoms with Gasteiger partial charge in [-0.05, 0) is 30.7 Å². The van der Waals surface area contributed by atoms with E-state index in [4.69, 9.17) is 0 Å². The van der Waals surface area contributed by atoms with E-state index in [-0.39, 0.29) is 25.1 Å². The standard InChI is InChI=1S/C16H17F8N/c17-14(18)7-9-25(8-1-6-15(19,20)21)13(10-14)11-2-4-12(5-3-11)16(22,23)24/h2-5,13H,1,6-10H2. The number of nitrogens with zero attached hydrogens (tertiary/aromatic N) is 1. The molecule has 1 atom stereocenters. The molecule has 0 aromatic heterocycles. The van der Waals surface area contributed by atoms with Crippen LogP contribution < -0.4 is 0 Å². The topological polar surface area (TPSA) is 3.24 Å². The summed E-state index contributed by atoms with van der Waals surface area (Å²) in [6.45, 7) is -0.141. The number of hydrogen-bond acceptors (Lipinski definition) is 1. The average Bonchev–Trinajstić information content (AvgIpc) is 2.46. The Balaban J connectivity index is 2.13. The summed E-state index contributed by atoms with van der Waals surface area (Å²) in [6, 6.07) is 2.93. The zero-order valence-electron chi connectivity index (χ0n) is 13.1. The van der Waals surface area contributed by atoms with Crippen LogP contribution in [0, 0.1) is 0 Å². The highest BCUT2D eigenvalue weighted by molar-refractivity contribution is 5.27. The Bertz CT molecular complexity index is 561. The van der Waals surface area contributed by atoms with Crippen LogP contribution in [0.2, 0.25) is 0 Å². The van der Waals surface area contributed by atoms with Gasteiger partial charge in [0, 0.05) is 31.8 Å². The first-order chi connectivity index (χ1) is 11.4. The van der Waals surface area contributed by atoms with Gasteiger partial charge in [0.1, 0.15) is 0 Å². The van der Waals surface area contributed by atoms with Gasteiger partial charge in [0.2, 0.25) is 0 Å². The zero-order chi connectivity index (χ0) is 18.9. The summed E-state index contributed by atoms with van der Waals surface area (Å²) in [7, 11) is 0. The second kappa shape index (κ2) is 7.09. The van der Waals surface area contributed by atoms with E-state index in [1.54, 1.807) is 0 Å². The van der Waals surface area contributed by atoms with Crippen LogP contribution in [0.15, 0.2) is 24.3 Å². The normalized spacial score (nSPS) is 22.2. The predicted octanol–water partition coefficient (Wildman–Crippen LogP) is 5.82. The summed E-state index contributed by atoms with van der Waals surface area (Å²) >= 11 is 0. The largest absolute Gasteiger partial charge is 0.416 e. The molecule has 1 heterocycles. The van der Waals surface area contributed by atoms with Crippen molar-refractivity contribution in [1.29, 1.82) is 0 Å². The van der Waals surface area contributed by atoms with E-state index in [1.807, 2.05) is 0 Å². The van der Waals surface area contributed by atoms with E-state index in [0.29, 0.717) is 0 Å². The van der Waals surface area contributed by atoms with Crippen LogP contribution in [0.25, 0.3) is 0 Å². The van der Waals surface area contributed by atoms with Crippen LogP contribution in [0.3, 0.4) is 0 Å². The van der Waals surface area contributed by atoms with Gasteiger partial charge in [0.25, 0.3) is 5.92 Å². The van der Waals surface area contributed by atoms with Gasteiger partial charge >= 0.3 is 12.4 Å². The Morgan fingerprint density at radius 2 is 1.60 bits per heavy atom. The van der Waals surface area contributed by atoms with E-state index in [2.05, 4.69) is 0 Å². The van der Waals surface area contributed by atoms with Crippen molar-refractivity contribution in [1.82, 2.24) is 4.90 Å². The molecular formula is C16H17F8N. The highest BCUT2D eigenvalue weighted by atomic mass is 19.4. The van der Waals surface area contributed by atoms with Gasteiger partial charge in [-0.25, -0.2) is 8.78 Å². The number of halogens is 8. The molecule has 0 radical (unpaired) electrons. The lowest BCUT2D eigenvalue weighted by molar-refractivity contribution is -0.138. The molecule has 0 N–H and O–H groups in total.